The number of hydrogen-bond donors (Lipinski definition) is 1. The van der Waals surface area contributed by atoms with Crippen molar-refractivity contribution in [2.45, 2.75) is 31.7 Å². The second-order valence-electron chi connectivity index (χ2n) is 6.65. The highest BCUT2D eigenvalue weighted by atomic mass is 16.5. The first kappa shape index (κ1) is 17.2. The molecule has 3 rings (SSSR count). The average Bonchev–Trinajstić information content (AvgIpc) is 2.64. The van der Waals surface area contributed by atoms with Crippen molar-refractivity contribution in [3.8, 4) is 0 Å². The van der Waals surface area contributed by atoms with Gasteiger partial charge in [0.05, 0.1) is 13.2 Å². The number of nitrogens with zero attached hydrogens (tertiary/aromatic N) is 2. The van der Waals surface area contributed by atoms with Crippen LogP contribution >= 0.6 is 0 Å². The topological polar surface area (TPSA) is 63.7 Å². The van der Waals surface area contributed by atoms with E-state index in [1.54, 1.807) is 13.3 Å². The number of amides is 1. The maximum Gasteiger partial charge on any atom is 0.270 e. The van der Waals surface area contributed by atoms with Crippen molar-refractivity contribution >= 4 is 11.6 Å². The van der Waals surface area contributed by atoms with Gasteiger partial charge in [-0.1, -0.05) is 0 Å². The van der Waals surface area contributed by atoms with Crippen LogP contribution in [0.25, 0.3) is 0 Å². The number of aromatic nitrogens is 1. The van der Waals surface area contributed by atoms with Gasteiger partial charge in [-0.3, -0.25) is 9.78 Å². The molecule has 1 saturated heterocycles. The van der Waals surface area contributed by atoms with Crippen molar-refractivity contribution < 1.29 is 14.3 Å². The number of morpholine rings is 1. The first-order valence-electron chi connectivity index (χ1n) is 8.85. The highest BCUT2D eigenvalue weighted by Gasteiger charge is 2.23. The molecule has 1 aromatic rings. The van der Waals surface area contributed by atoms with E-state index in [0.29, 0.717) is 11.6 Å². The Bertz CT molecular complexity index is 538. The van der Waals surface area contributed by atoms with Gasteiger partial charge in [0.1, 0.15) is 5.69 Å². The fraction of sp³-hybridized carbons (Fsp3) is 0.667. The van der Waals surface area contributed by atoms with Crippen LogP contribution in [0.5, 0.6) is 0 Å². The number of carbonyl (C=O) groups excluding carboxylic acids is 1. The van der Waals surface area contributed by atoms with Crippen LogP contribution in [0.4, 0.5) is 5.69 Å². The van der Waals surface area contributed by atoms with Crippen LogP contribution in [0.1, 0.15) is 36.2 Å². The number of ether oxygens (including phenoxy) is 2. The third-order valence-electron chi connectivity index (χ3n) is 4.94. The van der Waals surface area contributed by atoms with Gasteiger partial charge in [0.15, 0.2) is 0 Å². The van der Waals surface area contributed by atoms with Crippen LogP contribution in [0.3, 0.4) is 0 Å². The van der Waals surface area contributed by atoms with Gasteiger partial charge in [-0.2, -0.15) is 0 Å². The summed E-state index contributed by atoms with van der Waals surface area (Å²) in [6.45, 7) is 4.00. The molecular formula is C18H27N3O3. The molecule has 0 bridgehead atoms. The molecule has 132 valence electrons. The third kappa shape index (κ3) is 4.45. The van der Waals surface area contributed by atoms with Gasteiger partial charge in [-0.05, 0) is 43.7 Å². The molecule has 1 N–H and O–H groups in total. The molecule has 1 aromatic heterocycles. The van der Waals surface area contributed by atoms with Crippen LogP contribution in [0.2, 0.25) is 0 Å². The molecule has 24 heavy (non-hydrogen) atoms. The zero-order chi connectivity index (χ0) is 16.8. The molecule has 1 saturated carbocycles. The van der Waals surface area contributed by atoms with E-state index in [9.17, 15) is 4.79 Å². The van der Waals surface area contributed by atoms with Crippen molar-refractivity contribution in [1.82, 2.24) is 10.3 Å². The molecule has 1 aliphatic heterocycles. The summed E-state index contributed by atoms with van der Waals surface area (Å²) in [5.41, 5.74) is 1.54. The first-order valence-corrected chi connectivity index (χ1v) is 8.85. The van der Waals surface area contributed by atoms with Crippen LogP contribution in [-0.2, 0) is 9.47 Å². The Morgan fingerprint density at radius 2 is 2.08 bits per heavy atom. The standard InChI is InChI=1S/C18H27N3O3/c1-23-13-14-2-4-15(5-3-14)20-18(22)17-12-16(6-7-19-17)21-8-10-24-11-9-21/h6-7,12,14-15H,2-5,8-11,13H2,1H3,(H,20,22). The molecule has 1 amide bonds. The zero-order valence-electron chi connectivity index (χ0n) is 14.4. The van der Waals surface area contributed by atoms with Crippen LogP contribution in [0.15, 0.2) is 18.3 Å². The first-order chi connectivity index (χ1) is 11.8. The molecular weight excluding hydrogens is 306 g/mol. The van der Waals surface area contributed by atoms with Gasteiger partial charge in [0.2, 0.25) is 0 Å². The Kier molecular flexibility index (Phi) is 6.04. The van der Waals surface area contributed by atoms with Crippen molar-refractivity contribution in [1.29, 1.82) is 0 Å². The summed E-state index contributed by atoms with van der Waals surface area (Å²) in [5, 5.41) is 3.14. The predicted octanol–water partition coefficient (Wildman–Crippen LogP) is 1.85. The number of pyridine rings is 1. The summed E-state index contributed by atoms with van der Waals surface area (Å²) in [4.78, 5) is 19.0. The normalized spacial score (nSPS) is 24.6. The molecule has 2 fully saturated rings. The molecule has 0 radical (unpaired) electrons. The van der Waals surface area contributed by atoms with Crippen LogP contribution in [-0.4, -0.2) is 57.0 Å². The van der Waals surface area contributed by atoms with E-state index in [4.69, 9.17) is 9.47 Å². The van der Waals surface area contributed by atoms with Gasteiger partial charge < -0.3 is 19.7 Å². The maximum atomic E-state index is 12.5. The lowest BCUT2D eigenvalue weighted by Crippen LogP contribution is -2.39. The molecule has 1 aliphatic carbocycles. The smallest absolute Gasteiger partial charge is 0.270 e. The van der Waals surface area contributed by atoms with E-state index in [0.717, 1.165) is 64.3 Å². The lowest BCUT2D eigenvalue weighted by molar-refractivity contribution is 0.0893. The molecule has 0 aromatic carbocycles. The Morgan fingerprint density at radius 1 is 1.33 bits per heavy atom. The van der Waals surface area contributed by atoms with Gasteiger partial charge in [-0.25, -0.2) is 0 Å². The van der Waals surface area contributed by atoms with Gasteiger partial charge in [0, 0.05) is 44.7 Å². The third-order valence-corrected chi connectivity index (χ3v) is 4.94. The van der Waals surface area contributed by atoms with Gasteiger partial charge in [0.25, 0.3) is 5.91 Å². The van der Waals surface area contributed by atoms with E-state index in [1.807, 2.05) is 12.1 Å². The lowest BCUT2D eigenvalue weighted by atomic mass is 9.86. The molecule has 0 unspecified atom stereocenters. The summed E-state index contributed by atoms with van der Waals surface area (Å²) in [6, 6.07) is 4.09. The summed E-state index contributed by atoms with van der Waals surface area (Å²) < 4.78 is 10.6. The molecule has 0 spiro atoms. The monoisotopic (exact) mass is 333 g/mol. The maximum absolute atomic E-state index is 12.5. The van der Waals surface area contributed by atoms with E-state index >= 15 is 0 Å². The van der Waals surface area contributed by atoms with Crippen LogP contribution in [0, 0.1) is 5.92 Å². The predicted molar refractivity (Wildman–Crippen MR) is 92.4 cm³/mol. The fourth-order valence-electron chi connectivity index (χ4n) is 3.53. The molecule has 2 heterocycles. The Balaban J connectivity index is 1.55. The van der Waals surface area contributed by atoms with Gasteiger partial charge >= 0.3 is 0 Å². The van der Waals surface area contributed by atoms with Gasteiger partial charge in [-0.15, -0.1) is 0 Å². The number of hydrogen-bond acceptors (Lipinski definition) is 5. The van der Waals surface area contributed by atoms with Crippen molar-refractivity contribution in [2.24, 2.45) is 5.92 Å². The molecule has 2 aliphatic rings. The summed E-state index contributed by atoms with van der Waals surface area (Å²) in [7, 11) is 1.75. The summed E-state index contributed by atoms with van der Waals surface area (Å²) in [5.74, 6) is 0.561. The molecule has 6 nitrogen and oxygen atoms in total. The summed E-state index contributed by atoms with van der Waals surface area (Å²) in [6.07, 6.45) is 5.97. The SMILES string of the molecule is COCC1CCC(NC(=O)c2cc(N3CCOCC3)ccn2)CC1. The number of rotatable bonds is 5. The minimum atomic E-state index is -0.0692. The van der Waals surface area contributed by atoms with Crippen LogP contribution < -0.4 is 10.2 Å². The lowest BCUT2D eigenvalue weighted by Gasteiger charge is -2.29. The van der Waals surface area contributed by atoms with Crippen molar-refractivity contribution in [2.75, 3.05) is 44.9 Å². The molecule has 6 heteroatoms. The summed E-state index contributed by atoms with van der Waals surface area (Å²) >= 11 is 0. The Hall–Kier alpha value is -1.66. The van der Waals surface area contributed by atoms with E-state index in [2.05, 4.69) is 15.2 Å². The number of nitrogens with one attached hydrogen (secondary N) is 1. The Labute approximate surface area is 143 Å². The van der Waals surface area contributed by atoms with Crippen molar-refractivity contribution in [3.63, 3.8) is 0 Å². The zero-order valence-corrected chi connectivity index (χ0v) is 14.4. The van der Waals surface area contributed by atoms with E-state index < -0.39 is 0 Å². The van der Waals surface area contributed by atoms with E-state index in [1.165, 1.54) is 0 Å². The second-order valence-corrected chi connectivity index (χ2v) is 6.65. The average molecular weight is 333 g/mol. The minimum Gasteiger partial charge on any atom is -0.384 e. The quantitative estimate of drug-likeness (QED) is 0.891. The largest absolute Gasteiger partial charge is 0.384 e. The van der Waals surface area contributed by atoms with Crippen molar-refractivity contribution in [3.05, 3.63) is 24.0 Å². The number of carbonyl (C=O) groups is 1. The molecule has 0 atom stereocenters. The fourth-order valence-corrected chi connectivity index (χ4v) is 3.53. The number of methoxy groups -OCH3 is 1. The van der Waals surface area contributed by atoms with E-state index in [-0.39, 0.29) is 11.9 Å². The second kappa shape index (κ2) is 8.44. The Morgan fingerprint density at radius 3 is 2.79 bits per heavy atom. The minimum absolute atomic E-state index is 0.0692. The highest BCUT2D eigenvalue weighted by Crippen LogP contribution is 2.24. The number of anilines is 1. The highest BCUT2D eigenvalue weighted by molar-refractivity contribution is 5.93.